The first-order valence-electron chi connectivity index (χ1n) is 9.05. The van der Waals surface area contributed by atoms with E-state index in [1.54, 1.807) is 6.21 Å². The Labute approximate surface area is 156 Å². The third-order valence-electron chi connectivity index (χ3n) is 3.88. The second kappa shape index (κ2) is 11.5. The van der Waals surface area contributed by atoms with Gasteiger partial charge in [-0.15, -0.1) is 0 Å². The summed E-state index contributed by atoms with van der Waals surface area (Å²) in [5.41, 5.74) is 4.84. The van der Waals surface area contributed by atoms with Gasteiger partial charge in [0.1, 0.15) is 5.75 Å². The number of rotatable bonds is 11. The Hall–Kier alpha value is -2.00. The number of nitrogens with zero attached hydrogens (tertiary/aromatic N) is 1. The molecule has 0 aromatic heterocycles. The van der Waals surface area contributed by atoms with E-state index in [1.165, 1.54) is 32.1 Å². The van der Waals surface area contributed by atoms with Gasteiger partial charge in [0, 0.05) is 5.02 Å². The minimum Gasteiger partial charge on any atom is -0.494 e. The number of hydrogen-bond acceptors (Lipinski definition) is 3. The fourth-order valence-corrected chi connectivity index (χ4v) is 2.65. The van der Waals surface area contributed by atoms with Gasteiger partial charge in [0.25, 0.3) is 0 Å². The summed E-state index contributed by atoms with van der Waals surface area (Å²) in [4.78, 5) is 0. The Kier molecular flexibility index (Phi) is 8.92. The summed E-state index contributed by atoms with van der Waals surface area (Å²) >= 11 is 5.94. The second-order valence-electron chi connectivity index (χ2n) is 6.07. The largest absolute Gasteiger partial charge is 0.494 e. The number of nitrogens with one attached hydrogen (secondary N) is 1. The first-order chi connectivity index (χ1) is 12.3. The van der Waals surface area contributed by atoms with Crippen LogP contribution in [0.5, 0.6) is 5.75 Å². The van der Waals surface area contributed by atoms with Crippen molar-refractivity contribution in [2.45, 2.75) is 45.4 Å². The van der Waals surface area contributed by atoms with Crippen molar-refractivity contribution in [2.75, 3.05) is 12.0 Å². The van der Waals surface area contributed by atoms with E-state index >= 15 is 0 Å². The number of hydrogen-bond donors (Lipinski definition) is 1. The topological polar surface area (TPSA) is 33.6 Å². The zero-order chi connectivity index (χ0) is 17.7. The number of benzene rings is 2. The molecule has 0 amide bonds. The molecule has 2 aromatic carbocycles. The van der Waals surface area contributed by atoms with E-state index in [1.807, 2.05) is 48.5 Å². The molecule has 0 bridgehead atoms. The molecule has 0 atom stereocenters. The zero-order valence-electron chi connectivity index (χ0n) is 14.9. The smallest absolute Gasteiger partial charge is 0.119 e. The van der Waals surface area contributed by atoms with Gasteiger partial charge in [-0.3, -0.25) is 5.43 Å². The third-order valence-corrected chi connectivity index (χ3v) is 4.11. The highest BCUT2D eigenvalue weighted by molar-refractivity contribution is 6.30. The van der Waals surface area contributed by atoms with Crippen molar-refractivity contribution >= 4 is 23.5 Å². The van der Waals surface area contributed by atoms with Crippen LogP contribution >= 0.6 is 11.6 Å². The van der Waals surface area contributed by atoms with Crippen molar-refractivity contribution in [3.8, 4) is 5.75 Å². The minimum atomic E-state index is 0.687. The van der Waals surface area contributed by atoms with E-state index in [2.05, 4.69) is 17.5 Å². The maximum absolute atomic E-state index is 5.94. The molecule has 0 radical (unpaired) electrons. The summed E-state index contributed by atoms with van der Waals surface area (Å²) in [7, 11) is 0. The number of unbranched alkanes of at least 4 members (excludes halogenated alkanes) is 5. The molecule has 0 aliphatic rings. The summed E-state index contributed by atoms with van der Waals surface area (Å²) in [5, 5.41) is 4.91. The summed E-state index contributed by atoms with van der Waals surface area (Å²) in [6.07, 6.45) is 9.44. The molecule has 4 heteroatoms. The van der Waals surface area contributed by atoms with Gasteiger partial charge in [0.05, 0.1) is 18.5 Å². The number of ether oxygens (including phenoxy) is 1. The first kappa shape index (κ1) is 19.3. The molecule has 0 saturated heterocycles. The van der Waals surface area contributed by atoms with Gasteiger partial charge in [-0.2, -0.15) is 5.10 Å². The molecule has 3 nitrogen and oxygen atoms in total. The average Bonchev–Trinajstić information content (AvgIpc) is 2.62. The Morgan fingerprint density at radius 3 is 2.52 bits per heavy atom. The molecule has 134 valence electrons. The van der Waals surface area contributed by atoms with Crippen LogP contribution in [0.15, 0.2) is 53.6 Å². The minimum absolute atomic E-state index is 0.687. The molecular formula is C21H27ClN2O. The Morgan fingerprint density at radius 1 is 1.00 bits per heavy atom. The van der Waals surface area contributed by atoms with E-state index in [4.69, 9.17) is 16.3 Å². The summed E-state index contributed by atoms with van der Waals surface area (Å²) in [6, 6.07) is 15.4. The molecule has 2 rings (SSSR count). The van der Waals surface area contributed by atoms with Crippen LogP contribution in [0.2, 0.25) is 5.02 Å². The van der Waals surface area contributed by atoms with Crippen LogP contribution in [0.3, 0.4) is 0 Å². The molecule has 2 aromatic rings. The van der Waals surface area contributed by atoms with Gasteiger partial charge in [0.2, 0.25) is 0 Å². The van der Waals surface area contributed by atoms with Crippen molar-refractivity contribution in [2.24, 2.45) is 5.10 Å². The second-order valence-corrected chi connectivity index (χ2v) is 6.50. The van der Waals surface area contributed by atoms with Crippen LogP contribution in [0.1, 0.15) is 51.0 Å². The average molecular weight is 359 g/mol. The monoisotopic (exact) mass is 358 g/mol. The van der Waals surface area contributed by atoms with E-state index in [-0.39, 0.29) is 0 Å². The fourth-order valence-electron chi connectivity index (χ4n) is 2.46. The molecule has 1 N–H and O–H groups in total. The van der Waals surface area contributed by atoms with Gasteiger partial charge in [-0.05, 0) is 54.4 Å². The van der Waals surface area contributed by atoms with Crippen LogP contribution < -0.4 is 10.2 Å². The van der Waals surface area contributed by atoms with E-state index in [9.17, 15) is 0 Å². The third kappa shape index (κ3) is 8.08. The Balaban J connectivity index is 1.68. The Morgan fingerprint density at radius 2 is 1.76 bits per heavy atom. The SMILES string of the molecule is CCCCCCCCOc1ccc(/C=N/Nc2cccc(Cl)c2)cc1. The number of anilines is 1. The van der Waals surface area contributed by atoms with Gasteiger partial charge in [0.15, 0.2) is 0 Å². The normalized spacial score (nSPS) is 11.0. The fraction of sp³-hybridized carbons (Fsp3) is 0.381. The maximum atomic E-state index is 5.94. The molecule has 0 saturated carbocycles. The summed E-state index contributed by atoms with van der Waals surface area (Å²) in [6.45, 7) is 3.03. The first-order valence-corrected chi connectivity index (χ1v) is 9.43. The predicted molar refractivity (Wildman–Crippen MR) is 108 cm³/mol. The molecule has 0 spiro atoms. The highest BCUT2D eigenvalue weighted by atomic mass is 35.5. The lowest BCUT2D eigenvalue weighted by atomic mass is 10.1. The van der Waals surface area contributed by atoms with E-state index in [0.717, 1.165) is 30.0 Å². The van der Waals surface area contributed by atoms with E-state index < -0.39 is 0 Å². The Bertz CT molecular complexity index is 641. The molecule has 0 aliphatic heterocycles. The predicted octanol–water partition coefficient (Wildman–Crippen LogP) is 6.53. The number of halogens is 1. The van der Waals surface area contributed by atoms with Crippen LogP contribution in [0, 0.1) is 0 Å². The van der Waals surface area contributed by atoms with Crippen molar-refractivity contribution in [3.05, 3.63) is 59.1 Å². The van der Waals surface area contributed by atoms with Crippen molar-refractivity contribution in [1.29, 1.82) is 0 Å². The highest BCUT2D eigenvalue weighted by Gasteiger charge is 1.96. The zero-order valence-corrected chi connectivity index (χ0v) is 15.6. The van der Waals surface area contributed by atoms with Crippen LogP contribution in [-0.2, 0) is 0 Å². The molecule has 0 fully saturated rings. The van der Waals surface area contributed by atoms with Gasteiger partial charge >= 0.3 is 0 Å². The van der Waals surface area contributed by atoms with Gasteiger partial charge in [-0.25, -0.2) is 0 Å². The van der Waals surface area contributed by atoms with Crippen molar-refractivity contribution in [1.82, 2.24) is 0 Å². The highest BCUT2D eigenvalue weighted by Crippen LogP contribution is 2.15. The van der Waals surface area contributed by atoms with Gasteiger partial charge in [-0.1, -0.05) is 56.7 Å². The molecule has 25 heavy (non-hydrogen) atoms. The lowest BCUT2D eigenvalue weighted by Crippen LogP contribution is -1.97. The summed E-state index contributed by atoms with van der Waals surface area (Å²) in [5.74, 6) is 0.911. The van der Waals surface area contributed by atoms with Crippen molar-refractivity contribution in [3.63, 3.8) is 0 Å². The number of hydrazone groups is 1. The standard InChI is InChI=1S/C21H27ClN2O/c1-2-3-4-5-6-7-15-25-21-13-11-18(12-14-21)17-23-24-20-10-8-9-19(22)16-20/h8-14,16-17,24H,2-7,15H2,1H3/b23-17+. The lowest BCUT2D eigenvalue weighted by molar-refractivity contribution is 0.304. The lowest BCUT2D eigenvalue weighted by Gasteiger charge is -2.06. The van der Waals surface area contributed by atoms with Crippen LogP contribution in [0.4, 0.5) is 5.69 Å². The maximum Gasteiger partial charge on any atom is 0.119 e. The van der Waals surface area contributed by atoms with E-state index in [0.29, 0.717) is 5.02 Å². The summed E-state index contributed by atoms with van der Waals surface area (Å²) < 4.78 is 5.78. The molecule has 0 unspecified atom stereocenters. The van der Waals surface area contributed by atoms with Gasteiger partial charge < -0.3 is 4.74 Å². The molecule has 0 heterocycles. The van der Waals surface area contributed by atoms with Crippen molar-refractivity contribution < 1.29 is 4.74 Å². The molecular weight excluding hydrogens is 332 g/mol. The van der Waals surface area contributed by atoms with Crippen LogP contribution in [0.25, 0.3) is 0 Å². The molecule has 0 aliphatic carbocycles. The van der Waals surface area contributed by atoms with Crippen LogP contribution in [-0.4, -0.2) is 12.8 Å². The quantitative estimate of drug-likeness (QED) is 0.281.